The van der Waals surface area contributed by atoms with Crippen LogP contribution in [0.5, 0.6) is 0 Å². The van der Waals surface area contributed by atoms with E-state index in [1.807, 2.05) is 36.7 Å². The number of carboxylic acid groups (broad SMARTS) is 1. The second-order valence-corrected chi connectivity index (χ2v) is 6.34. The van der Waals surface area contributed by atoms with Crippen molar-refractivity contribution in [2.45, 2.75) is 39.2 Å². The van der Waals surface area contributed by atoms with E-state index in [0.29, 0.717) is 18.4 Å². The standard InChI is InChI=1S/C18H21N3O3/c1-11-10-12(2)21(20-11)14-8-6-13(7-9-14)17(22)19-16-5-3-4-15(16)18(23)24/h6-10,15-16H,3-5H2,1-2H3,(H,19,22)(H,23,24)/t15-,16-/m1/s1. The minimum absolute atomic E-state index is 0.229. The zero-order valence-electron chi connectivity index (χ0n) is 13.8. The number of carbonyl (C=O) groups is 2. The van der Waals surface area contributed by atoms with E-state index in [-0.39, 0.29) is 11.9 Å². The molecule has 1 amide bonds. The normalized spacial score (nSPS) is 20.1. The van der Waals surface area contributed by atoms with Gasteiger partial charge in [-0.1, -0.05) is 6.42 Å². The molecule has 6 heteroatoms. The van der Waals surface area contributed by atoms with Crippen molar-refractivity contribution >= 4 is 11.9 Å². The van der Waals surface area contributed by atoms with Gasteiger partial charge in [-0.15, -0.1) is 0 Å². The van der Waals surface area contributed by atoms with Crippen molar-refractivity contribution in [3.63, 3.8) is 0 Å². The predicted octanol–water partition coefficient (Wildman–Crippen LogP) is 2.47. The number of nitrogens with zero attached hydrogens (tertiary/aromatic N) is 2. The number of carboxylic acids is 1. The summed E-state index contributed by atoms with van der Waals surface area (Å²) in [5.74, 6) is -1.55. The molecule has 1 aliphatic carbocycles. The highest BCUT2D eigenvalue weighted by Crippen LogP contribution is 2.26. The first-order valence-electron chi connectivity index (χ1n) is 8.13. The van der Waals surface area contributed by atoms with Gasteiger partial charge in [0.1, 0.15) is 0 Å². The highest BCUT2D eigenvalue weighted by Gasteiger charge is 2.33. The number of aliphatic carboxylic acids is 1. The molecule has 0 spiro atoms. The molecule has 2 aromatic rings. The number of hydrogen-bond donors (Lipinski definition) is 2. The third-order valence-electron chi connectivity index (χ3n) is 4.53. The van der Waals surface area contributed by atoms with Gasteiger partial charge in [0.2, 0.25) is 0 Å². The fraction of sp³-hybridized carbons (Fsp3) is 0.389. The quantitative estimate of drug-likeness (QED) is 0.903. The van der Waals surface area contributed by atoms with Crippen molar-refractivity contribution in [3.8, 4) is 5.69 Å². The van der Waals surface area contributed by atoms with Crippen molar-refractivity contribution in [2.24, 2.45) is 5.92 Å². The van der Waals surface area contributed by atoms with Gasteiger partial charge in [-0.2, -0.15) is 5.10 Å². The maximum absolute atomic E-state index is 12.4. The Labute approximate surface area is 140 Å². The van der Waals surface area contributed by atoms with Crippen molar-refractivity contribution in [3.05, 3.63) is 47.3 Å². The van der Waals surface area contributed by atoms with E-state index in [4.69, 9.17) is 0 Å². The van der Waals surface area contributed by atoms with E-state index in [1.165, 1.54) is 0 Å². The van der Waals surface area contributed by atoms with E-state index in [2.05, 4.69) is 10.4 Å². The Balaban J connectivity index is 1.72. The summed E-state index contributed by atoms with van der Waals surface area (Å²) in [5.41, 5.74) is 3.38. The number of aryl methyl sites for hydroxylation is 2. The number of rotatable bonds is 4. The van der Waals surface area contributed by atoms with Crippen LogP contribution < -0.4 is 5.32 Å². The Morgan fingerprint density at radius 1 is 1.21 bits per heavy atom. The Morgan fingerprint density at radius 2 is 1.92 bits per heavy atom. The summed E-state index contributed by atoms with van der Waals surface area (Å²) in [7, 11) is 0. The van der Waals surface area contributed by atoms with Gasteiger partial charge in [-0.05, 0) is 57.0 Å². The molecule has 6 nitrogen and oxygen atoms in total. The maximum Gasteiger partial charge on any atom is 0.308 e. The average Bonchev–Trinajstić information content (AvgIpc) is 3.13. The molecule has 3 rings (SSSR count). The highest BCUT2D eigenvalue weighted by atomic mass is 16.4. The number of benzene rings is 1. The summed E-state index contributed by atoms with van der Waals surface area (Å²) in [4.78, 5) is 23.6. The minimum atomic E-state index is -0.835. The summed E-state index contributed by atoms with van der Waals surface area (Å²) >= 11 is 0. The molecule has 0 saturated heterocycles. The summed E-state index contributed by atoms with van der Waals surface area (Å²) in [6.07, 6.45) is 2.17. The van der Waals surface area contributed by atoms with E-state index in [0.717, 1.165) is 23.5 Å². The van der Waals surface area contributed by atoms with Gasteiger partial charge in [0.15, 0.2) is 0 Å². The number of aromatic nitrogens is 2. The lowest BCUT2D eigenvalue weighted by atomic mass is 10.0. The van der Waals surface area contributed by atoms with E-state index >= 15 is 0 Å². The lowest BCUT2D eigenvalue weighted by Gasteiger charge is -2.17. The molecule has 1 aromatic carbocycles. The van der Waals surface area contributed by atoms with Crippen LogP contribution in [0.3, 0.4) is 0 Å². The second-order valence-electron chi connectivity index (χ2n) is 6.34. The highest BCUT2D eigenvalue weighted by molar-refractivity contribution is 5.94. The molecule has 1 saturated carbocycles. The summed E-state index contributed by atoms with van der Waals surface area (Å²) < 4.78 is 1.83. The first kappa shape index (κ1) is 16.2. The molecule has 1 aromatic heterocycles. The topological polar surface area (TPSA) is 84.2 Å². The molecule has 24 heavy (non-hydrogen) atoms. The van der Waals surface area contributed by atoms with Crippen molar-refractivity contribution in [2.75, 3.05) is 0 Å². The van der Waals surface area contributed by atoms with E-state index in [9.17, 15) is 14.7 Å². The fourth-order valence-electron chi connectivity index (χ4n) is 3.32. The summed E-state index contributed by atoms with van der Waals surface area (Å²) in [6.45, 7) is 3.92. The molecule has 0 aliphatic heterocycles. The molecule has 1 aliphatic rings. The first-order chi connectivity index (χ1) is 11.5. The third-order valence-corrected chi connectivity index (χ3v) is 4.53. The molecule has 2 N–H and O–H groups in total. The Morgan fingerprint density at radius 3 is 2.50 bits per heavy atom. The Hall–Kier alpha value is -2.63. The van der Waals surface area contributed by atoms with Crippen LogP contribution in [0.15, 0.2) is 30.3 Å². The molecule has 1 fully saturated rings. The lowest BCUT2D eigenvalue weighted by molar-refractivity contribution is -0.142. The summed E-state index contributed by atoms with van der Waals surface area (Å²) in [5, 5.41) is 16.5. The van der Waals surface area contributed by atoms with Gasteiger partial charge in [0, 0.05) is 17.3 Å². The van der Waals surface area contributed by atoms with Gasteiger partial charge in [-0.25, -0.2) is 4.68 Å². The average molecular weight is 327 g/mol. The molecule has 126 valence electrons. The van der Waals surface area contributed by atoms with Gasteiger partial charge < -0.3 is 10.4 Å². The molecule has 2 atom stereocenters. The monoisotopic (exact) mass is 327 g/mol. The maximum atomic E-state index is 12.4. The summed E-state index contributed by atoms with van der Waals surface area (Å²) in [6, 6.07) is 8.88. The fourth-order valence-corrected chi connectivity index (χ4v) is 3.32. The Bertz CT molecular complexity index is 764. The van der Waals surface area contributed by atoms with Crippen LogP contribution in [0.4, 0.5) is 0 Å². The number of hydrogen-bond acceptors (Lipinski definition) is 3. The van der Waals surface area contributed by atoms with Crippen LogP contribution in [0.25, 0.3) is 5.69 Å². The Kier molecular flexibility index (Phi) is 4.38. The zero-order valence-corrected chi connectivity index (χ0v) is 13.8. The molecular weight excluding hydrogens is 306 g/mol. The predicted molar refractivity (Wildman–Crippen MR) is 89.3 cm³/mol. The smallest absolute Gasteiger partial charge is 0.308 e. The second kappa shape index (κ2) is 6.47. The molecule has 0 bridgehead atoms. The first-order valence-corrected chi connectivity index (χ1v) is 8.13. The van der Waals surface area contributed by atoms with Crippen LogP contribution in [0.2, 0.25) is 0 Å². The largest absolute Gasteiger partial charge is 0.481 e. The minimum Gasteiger partial charge on any atom is -0.481 e. The van der Waals surface area contributed by atoms with Gasteiger partial charge in [0.25, 0.3) is 5.91 Å². The number of nitrogens with one attached hydrogen (secondary N) is 1. The molecule has 0 radical (unpaired) electrons. The molecule has 1 heterocycles. The number of carbonyl (C=O) groups excluding carboxylic acids is 1. The van der Waals surface area contributed by atoms with Crippen LogP contribution in [-0.4, -0.2) is 32.8 Å². The van der Waals surface area contributed by atoms with Crippen molar-refractivity contribution < 1.29 is 14.7 Å². The van der Waals surface area contributed by atoms with Gasteiger partial charge in [-0.3, -0.25) is 9.59 Å². The number of amides is 1. The van der Waals surface area contributed by atoms with Crippen LogP contribution >= 0.6 is 0 Å². The zero-order chi connectivity index (χ0) is 17.3. The lowest BCUT2D eigenvalue weighted by Crippen LogP contribution is -2.40. The van der Waals surface area contributed by atoms with Crippen molar-refractivity contribution in [1.29, 1.82) is 0 Å². The van der Waals surface area contributed by atoms with E-state index < -0.39 is 11.9 Å². The molecule has 0 unspecified atom stereocenters. The molecular formula is C18H21N3O3. The van der Waals surface area contributed by atoms with Gasteiger partial charge in [0.05, 0.1) is 17.3 Å². The van der Waals surface area contributed by atoms with E-state index in [1.54, 1.807) is 12.1 Å². The van der Waals surface area contributed by atoms with Gasteiger partial charge >= 0.3 is 5.97 Å². The SMILES string of the molecule is Cc1cc(C)n(-c2ccc(C(=O)N[C@@H]3CCC[C@H]3C(=O)O)cc2)n1. The van der Waals surface area contributed by atoms with Crippen LogP contribution in [-0.2, 0) is 4.79 Å². The van der Waals surface area contributed by atoms with Crippen molar-refractivity contribution in [1.82, 2.24) is 15.1 Å². The van der Waals surface area contributed by atoms with Crippen LogP contribution in [0.1, 0.15) is 41.0 Å². The van der Waals surface area contributed by atoms with Crippen LogP contribution in [0, 0.1) is 19.8 Å². The third kappa shape index (κ3) is 3.18.